The molecule has 0 spiro atoms. The van der Waals surface area contributed by atoms with E-state index in [4.69, 9.17) is 14.2 Å². The topological polar surface area (TPSA) is 56.8 Å². The van der Waals surface area contributed by atoms with Gasteiger partial charge < -0.3 is 19.5 Å². The second kappa shape index (κ2) is 8.44. The van der Waals surface area contributed by atoms with Crippen molar-refractivity contribution in [1.82, 2.24) is 5.32 Å². The first kappa shape index (κ1) is 14.4. The average molecular weight is 245 g/mol. The van der Waals surface area contributed by atoms with E-state index in [-0.39, 0.29) is 11.9 Å². The number of ether oxygens (including phenoxy) is 3. The summed E-state index contributed by atoms with van der Waals surface area (Å²) < 4.78 is 15.3. The Balaban J connectivity index is 1.92. The number of nitrogens with one attached hydrogen (secondary N) is 1. The van der Waals surface area contributed by atoms with Gasteiger partial charge in [-0.1, -0.05) is 6.92 Å². The second-order valence-electron chi connectivity index (χ2n) is 4.33. The summed E-state index contributed by atoms with van der Waals surface area (Å²) in [6.07, 6.45) is 0.741. The van der Waals surface area contributed by atoms with Crippen molar-refractivity contribution in [2.75, 3.05) is 46.6 Å². The lowest BCUT2D eigenvalue weighted by Gasteiger charge is -2.31. The van der Waals surface area contributed by atoms with Gasteiger partial charge in [-0.05, 0) is 19.0 Å². The van der Waals surface area contributed by atoms with Crippen LogP contribution < -0.4 is 5.32 Å². The summed E-state index contributed by atoms with van der Waals surface area (Å²) in [5, 5.41) is 3.15. The first-order chi connectivity index (χ1) is 8.25. The van der Waals surface area contributed by atoms with Gasteiger partial charge in [0.15, 0.2) is 0 Å². The molecule has 1 aliphatic rings. The molecule has 1 unspecified atom stereocenters. The number of carbonyl (C=O) groups excluding carboxylic acids is 1. The largest absolute Gasteiger partial charge is 0.465 e. The van der Waals surface area contributed by atoms with Crippen LogP contribution in [0, 0.1) is 11.8 Å². The smallest absolute Gasteiger partial charge is 0.309 e. The fourth-order valence-corrected chi connectivity index (χ4v) is 1.57. The Morgan fingerprint density at radius 3 is 2.65 bits per heavy atom. The molecule has 0 amide bonds. The molecule has 1 rings (SSSR count). The summed E-state index contributed by atoms with van der Waals surface area (Å²) in [4.78, 5) is 11.6. The maximum Gasteiger partial charge on any atom is 0.309 e. The number of hydrogen-bond acceptors (Lipinski definition) is 5. The molecule has 0 aromatic carbocycles. The molecule has 1 N–H and O–H groups in total. The zero-order chi connectivity index (χ0) is 12.5. The Kier molecular flexibility index (Phi) is 7.16. The van der Waals surface area contributed by atoms with Crippen molar-refractivity contribution in [3.63, 3.8) is 0 Å². The van der Waals surface area contributed by atoms with E-state index < -0.39 is 0 Å². The molecule has 1 saturated heterocycles. The Labute approximate surface area is 103 Å². The molecule has 1 fully saturated rings. The number of methoxy groups -OCH3 is 1. The predicted octanol–water partition coefficient (Wildman–Crippen LogP) is 0.438. The van der Waals surface area contributed by atoms with E-state index in [0.29, 0.717) is 32.3 Å². The molecule has 0 aromatic rings. The van der Waals surface area contributed by atoms with E-state index in [1.807, 2.05) is 6.92 Å². The molecule has 5 heteroatoms. The molecule has 0 radical (unpaired) electrons. The van der Waals surface area contributed by atoms with Gasteiger partial charge >= 0.3 is 5.97 Å². The summed E-state index contributed by atoms with van der Waals surface area (Å²) in [5.41, 5.74) is 0. The van der Waals surface area contributed by atoms with Gasteiger partial charge in [0.05, 0.1) is 25.7 Å². The van der Waals surface area contributed by atoms with Gasteiger partial charge in [-0.25, -0.2) is 0 Å². The highest BCUT2D eigenvalue weighted by Crippen LogP contribution is 2.17. The van der Waals surface area contributed by atoms with Gasteiger partial charge in [0, 0.05) is 20.1 Å². The zero-order valence-electron chi connectivity index (χ0n) is 10.7. The van der Waals surface area contributed by atoms with Crippen LogP contribution in [-0.2, 0) is 19.0 Å². The quantitative estimate of drug-likeness (QED) is 0.472. The highest BCUT2D eigenvalue weighted by atomic mass is 16.5. The van der Waals surface area contributed by atoms with E-state index in [1.165, 1.54) is 0 Å². The van der Waals surface area contributed by atoms with E-state index in [2.05, 4.69) is 5.32 Å². The van der Waals surface area contributed by atoms with Crippen molar-refractivity contribution >= 4 is 5.97 Å². The molecule has 0 bridgehead atoms. The average Bonchev–Trinajstić information content (AvgIpc) is 2.25. The van der Waals surface area contributed by atoms with Gasteiger partial charge in [-0.3, -0.25) is 4.79 Å². The normalized spacial score (nSPS) is 17.5. The van der Waals surface area contributed by atoms with E-state index in [9.17, 15) is 4.79 Å². The molecule has 17 heavy (non-hydrogen) atoms. The van der Waals surface area contributed by atoms with Crippen molar-refractivity contribution in [1.29, 1.82) is 0 Å². The van der Waals surface area contributed by atoms with Crippen LogP contribution in [0.1, 0.15) is 13.3 Å². The highest BCUT2D eigenvalue weighted by molar-refractivity contribution is 5.72. The van der Waals surface area contributed by atoms with Gasteiger partial charge in [-0.2, -0.15) is 0 Å². The fourth-order valence-electron chi connectivity index (χ4n) is 1.57. The van der Waals surface area contributed by atoms with Gasteiger partial charge in [0.1, 0.15) is 0 Å². The third-order valence-electron chi connectivity index (χ3n) is 3.00. The van der Waals surface area contributed by atoms with Gasteiger partial charge in [0.2, 0.25) is 0 Å². The summed E-state index contributed by atoms with van der Waals surface area (Å²) in [7, 11) is 1.64. The molecular weight excluding hydrogens is 222 g/mol. The van der Waals surface area contributed by atoms with Crippen molar-refractivity contribution in [2.24, 2.45) is 11.8 Å². The van der Waals surface area contributed by atoms with Crippen molar-refractivity contribution in [2.45, 2.75) is 13.3 Å². The Morgan fingerprint density at radius 2 is 2.06 bits per heavy atom. The number of rotatable bonds is 9. The van der Waals surface area contributed by atoms with E-state index in [0.717, 1.165) is 19.5 Å². The lowest BCUT2D eigenvalue weighted by atomic mass is 9.89. The molecule has 1 aliphatic heterocycles. The third-order valence-corrected chi connectivity index (χ3v) is 3.00. The lowest BCUT2D eigenvalue weighted by Crippen LogP contribution is -2.47. The predicted molar refractivity (Wildman–Crippen MR) is 63.8 cm³/mol. The first-order valence-corrected chi connectivity index (χ1v) is 6.19. The SMILES string of the molecule is COCCOCCCOC(=O)C(C)C1CNC1. The van der Waals surface area contributed by atoms with Crippen molar-refractivity contribution in [3.05, 3.63) is 0 Å². The minimum atomic E-state index is -0.0895. The Bertz CT molecular complexity index is 219. The van der Waals surface area contributed by atoms with Crippen LogP contribution >= 0.6 is 0 Å². The van der Waals surface area contributed by atoms with Crippen LogP contribution in [0.5, 0.6) is 0 Å². The Morgan fingerprint density at radius 1 is 1.29 bits per heavy atom. The van der Waals surface area contributed by atoms with Crippen molar-refractivity contribution < 1.29 is 19.0 Å². The molecular formula is C12H23NO4. The minimum absolute atomic E-state index is 0.00524. The molecule has 0 saturated carbocycles. The summed E-state index contributed by atoms with van der Waals surface area (Å²) in [5.74, 6) is 0.361. The lowest BCUT2D eigenvalue weighted by molar-refractivity contribution is -0.150. The Hall–Kier alpha value is -0.650. The molecule has 5 nitrogen and oxygen atoms in total. The molecule has 1 heterocycles. The maximum atomic E-state index is 11.6. The van der Waals surface area contributed by atoms with Crippen LogP contribution in [0.3, 0.4) is 0 Å². The minimum Gasteiger partial charge on any atom is -0.465 e. The number of carbonyl (C=O) groups is 1. The van der Waals surface area contributed by atoms with E-state index >= 15 is 0 Å². The highest BCUT2D eigenvalue weighted by Gasteiger charge is 2.29. The van der Waals surface area contributed by atoms with Crippen LogP contribution in [-0.4, -0.2) is 52.6 Å². The fraction of sp³-hybridized carbons (Fsp3) is 0.917. The standard InChI is InChI=1S/C12H23NO4/c1-10(11-8-13-9-11)12(14)17-5-3-4-16-7-6-15-2/h10-11,13H,3-9H2,1-2H3. The van der Waals surface area contributed by atoms with Gasteiger partial charge in [-0.15, -0.1) is 0 Å². The van der Waals surface area contributed by atoms with Crippen LogP contribution in [0.2, 0.25) is 0 Å². The van der Waals surface area contributed by atoms with Gasteiger partial charge in [0.25, 0.3) is 0 Å². The van der Waals surface area contributed by atoms with E-state index in [1.54, 1.807) is 7.11 Å². The number of esters is 1. The first-order valence-electron chi connectivity index (χ1n) is 6.19. The summed E-state index contributed by atoms with van der Waals surface area (Å²) in [6, 6.07) is 0. The number of hydrogen-bond donors (Lipinski definition) is 1. The monoisotopic (exact) mass is 245 g/mol. The van der Waals surface area contributed by atoms with Crippen LogP contribution in [0.4, 0.5) is 0 Å². The summed E-state index contributed by atoms with van der Waals surface area (Å²) in [6.45, 7) is 6.03. The molecule has 0 aliphatic carbocycles. The third kappa shape index (κ3) is 5.48. The second-order valence-corrected chi connectivity index (χ2v) is 4.33. The molecule has 0 aromatic heterocycles. The molecule has 100 valence electrons. The zero-order valence-corrected chi connectivity index (χ0v) is 10.7. The van der Waals surface area contributed by atoms with Crippen molar-refractivity contribution in [3.8, 4) is 0 Å². The maximum absolute atomic E-state index is 11.6. The molecule has 1 atom stereocenters. The summed E-state index contributed by atoms with van der Waals surface area (Å²) >= 11 is 0. The van der Waals surface area contributed by atoms with Crippen LogP contribution in [0.25, 0.3) is 0 Å². The van der Waals surface area contributed by atoms with Crippen LogP contribution in [0.15, 0.2) is 0 Å².